The first kappa shape index (κ1) is 13.3. The minimum atomic E-state index is 0.0862. The highest BCUT2D eigenvalue weighted by molar-refractivity contribution is 7.20. The second kappa shape index (κ2) is 5.53. The van der Waals surface area contributed by atoms with E-state index >= 15 is 0 Å². The molecule has 0 aromatic carbocycles. The molecular formula is C11H17Cl2NS. The Labute approximate surface area is 106 Å². The predicted octanol–water partition coefficient (Wildman–Crippen LogP) is 4.33. The van der Waals surface area contributed by atoms with Crippen LogP contribution in [-0.2, 0) is 5.41 Å². The van der Waals surface area contributed by atoms with E-state index in [-0.39, 0.29) is 5.41 Å². The van der Waals surface area contributed by atoms with Crippen LogP contribution in [-0.4, -0.2) is 13.1 Å². The van der Waals surface area contributed by atoms with E-state index in [9.17, 15) is 0 Å². The molecule has 1 rings (SSSR count). The van der Waals surface area contributed by atoms with Gasteiger partial charge in [-0.1, -0.05) is 44.0 Å². The Kier molecular flexibility index (Phi) is 4.91. The van der Waals surface area contributed by atoms with Crippen molar-refractivity contribution in [2.24, 2.45) is 0 Å². The normalized spacial score (nSPS) is 12.1. The molecule has 0 aliphatic carbocycles. The molecule has 0 spiro atoms. The molecule has 86 valence electrons. The number of nitrogens with one attached hydrogen (secondary N) is 1. The van der Waals surface area contributed by atoms with Crippen LogP contribution in [0.15, 0.2) is 6.07 Å². The molecule has 1 nitrogen and oxygen atoms in total. The largest absolute Gasteiger partial charge is 0.317 e. The molecule has 1 aromatic heterocycles. The van der Waals surface area contributed by atoms with Crippen LogP contribution >= 0.6 is 34.5 Å². The Morgan fingerprint density at radius 1 is 1.40 bits per heavy atom. The quantitative estimate of drug-likeness (QED) is 0.782. The summed E-state index contributed by atoms with van der Waals surface area (Å²) in [5.74, 6) is 0. The first-order chi connectivity index (χ1) is 6.97. The highest BCUT2D eigenvalue weighted by atomic mass is 35.5. The van der Waals surface area contributed by atoms with Crippen molar-refractivity contribution in [1.29, 1.82) is 0 Å². The summed E-state index contributed by atoms with van der Waals surface area (Å²) in [5, 5.41) is 3.33. The fourth-order valence-corrected chi connectivity index (χ4v) is 3.33. The fraction of sp³-hybridized carbons (Fsp3) is 0.636. The zero-order chi connectivity index (χ0) is 11.5. The van der Waals surface area contributed by atoms with Gasteiger partial charge < -0.3 is 5.32 Å². The van der Waals surface area contributed by atoms with Crippen LogP contribution in [0.5, 0.6) is 0 Å². The molecule has 0 atom stereocenters. The SMILES string of the molecule is CCNCCC(C)(C)c1cc(Cl)sc1Cl. The van der Waals surface area contributed by atoms with E-state index in [1.165, 1.54) is 11.3 Å². The lowest BCUT2D eigenvalue weighted by molar-refractivity contribution is 0.462. The monoisotopic (exact) mass is 265 g/mol. The van der Waals surface area contributed by atoms with Gasteiger partial charge in [0.25, 0.3) is 0 Å². The van der Waals surface area contributed by atoms with Crippen LogP contribution in [0.1, 0.15) is 32.8 Å². The Hall–Kier alpha value is 0.240. The molecule has 4 heteroatoms. The highest BCUT2D eigenvalue weighted by Crippen LogP contribution is 2.39. The second-order valence-corrected chi connectivity index (χ2v) is 6.51. The van der Waals surface area contributed by atoms with Gasteiger partial charge in [-0.3, -0.25) is 0 Å². The third-order valence-corrected chi connectivity index (χ3v) is 4.05. The number of hydrogen-bond acceptors (Lipinski definition) is 2. The van der Waals surface area contributed by atoms with Crippen molar-refractivity contribution in [3.63, 3.8) is 0 Å². The lowest BCUT2D eigenvalue weighted by Gasteiger charge is -2.24. The van der Waals surface area contributed by atoms with Crippen LogP contribution in [0.2, 0.25) is 8.67 Å². The van der Waals surface area contributed by atoms with Gasteiger partial charge in [-0.15, -0.1) is 11.3 Å². The van der Waals surface area contributed by atoms with Gasteiger partial charge in [0.05, 0.1) is 8.67 Å². The van der Waals surface area contributed by atoms with Gasteiger partial charge in [-0.2, -0.15) is 0 Å². The van der Waals surface area contributed by atoms with Crippen molar-refractivity contribution in [3.05, 3.63) is 20.3 Å². The van der Waals surface area contributed by atoms with Gasteiger partial charge in [0, 0.05) is 0 Å². The summed E-state index contributed by atoms with van der Waals surface area (Å²) in [6.07, 6.45) is 1.06. The molecule has 0 unspecified atom stereocenters. The third kappa shape index (κ3) is 3.63. The predicted molar refractivity (Wildman–Crippen MR) is 70.5 cm³/mol. The Morgan fingerprint density at radius 2 is 2.07 bits per heavy atom. The van der Waals surface area contributed by atoms with Crippen LogP contribution < -0.4 is 5.32 Å². The molecule has 0 aliphatic rings. The summed E-state index contributed by atoms with van der Waals surface area (Å²) >= 11 is 13.6. The smallest absolute Gasteiger partial charge is 0.0981 e. The van der Waals surface area contributed by atoms with E-state index in [1.807, 2.05) is 6.07 Å². The molecular weight excluding hydrogens is 249 g/mol. The minimum Gasteiger partial charge on any atom is -0.317 e. The van der Waals surface area contributed by atoms with E-state index in [1.54, 1.807) is 0 Å². The van der Waals surface area contributed by atoms with Crippen molar-refractivity contribution in [2.45, 2.75) is 32.6 Å². The van der Waals surface area contributed by atoms with E-state index in [4.69, 9.17) is 23.2 Å². The lowest BCUT2D eigenvalue weighted by atomic mass is 9.83. The molecule has 0 saturated carbocycles. The van der Waals surface area contributed by atoms with Gasteiger partial charge in [0.15, 0.2) is 0 Å². The molecule has 1 heterocycles. The van der Waals surface area contributed by atoms with Crippen LogP contribution in [0.3, 0.4) is 0 Å². The topological polar surface area (TPSA) is 12.0 Å². The maximum absolute atomic E-state index is 6.16. The van der Waals surface area contributed by atoms with Crippen molar-refractivity contribution in [2.75, 3.05) is 13.1 Å². The number of rotatable bonds is 5. The van der Waals surface area contributed by atoms with Gasteiger partial charge in [0.1, 0.15) is 0 Å². The summed E-state index contributed by atoms with van der Waals surface area (Å²) in [6, 6.07) is 1.99. The summed E-state index contributed by atoms with van der Waals surface area (Å²) in [4.78, 5) is 0. The summed E-state index contributed by atoms with van der Waals surface area (Å²) in [7, 11) is 0. The molecule has 0 bridgehead atoms. The lowest BCUT2D eigenvalue weighted by Crippen LogP contribution is -2.25. The van der Waals surface area contributed by atoms with Gasteiger partial charge in [-0.25, -0.2) is 0 Å². The standard InChI is InChI=1S/C11H17Cl2NS/c1-4-14-6-5-11(2,3)8-7-9(12)15-10(8)13/h7,14H,4-6H2,1-3H3. The highest BCUT2D eigenvalue weighted by Gasteiger charge is 2.24. The van der Waals surface area contributed by atoms with Crippen LogP contribution in [0.4, 0.5) is 0 Å². The number of thiophene rings is 1. The van der Waals surface area contributed by atoms with Gasteiger partial charge >= 0.3 is 0 Å². The average Bonchev–Trinajstić information content (AvgIpc) is 2.46. The van der Waals surface area contributed by atoms with E-state index in [0.29, 0.717) is 0 Å². The van der Waals surface area contributed by atoms with Crippen molar-refractivity contribution < 1.29 is 0 Å². The first-order valence-corrected chi connectivity index (χ1v) is 6.70. The van der Waals surface area contributed by atoms with Crippen LogP contribution in [0.25, 0.3) is 0 Å². The van der Waals surface area contributed by atoms with Crippen LogP contribution in [0, 0.1) is 0 Å². The minimum absolute atomic E-state index is 0.0862. The maximum atomic E-state index is 6.16. The maximum Gasteiger partial charge on any atom is 0.0981 e. The van der Waals surface area contributed by atoms with Gasteiger partial charge in [0.2, 0.25) is 0 Å². The number of halogens is 2. The fourth-order valence-electron chi connectivity index (χ4n) is 1.51. The first-order valence-electron chi connectivity index (χ1n) is 5.13. The Balaban J connectivity index is 2.71. The number of hydrogen-bond donors (Lipinski definition) is 1. The van der Waals surface area contributed by atoms with Crippen molar-refractivity contribution in [1.82, 2.24) is 5.32 Å². The van der Waals surface area contributed by atoms with E-state index in [2.05, 4.69) is 26.1 Å². The zero-order valence-corrected chi connectivity index (χ0v) is 11.7. The summed E-state index contributed by atoms with van der Waals surface area (Å²) in [5.41, 5.74) is 1.25. The molecule has 0 amide bonds. The van der Waals surface area contributed by atoms with Crippen molar-refractivity contribution >= 4 is 34.5 Å². The molecule has 1 N–H and O–H groups in total. The molecule has 0 aliphatic heterocycles. The van der Waals surface area contributed by atoms with Crippen molar-refractivity contribution in [3.8, 4) is 0 Å². The molecule has 0 fully saturated rings. The van der Waals surface area contributed by atoms with E-state index < -0.39 is 0 Å². The summed E-state index contributed by atoms with van der Waals surface area (Å²) in [6.45, 7) is 8.53. The average molecular weight is 266 g/mol. The van der Waals surface area contributed by atoms with Gasteiger partial charge in [-0.05, 0) is 36.6 Å². The third-order valence-electron chi connectivity index (χ3n) is 2.56. The Bertz CT molecular complexity index is 320. The molecule has 15 heavy (non-hydrogen) atoms. The molecule has 0 saturated heterocycles. The molecule has 1 aromatic rings. The molecule has 0 radical (unpaired) electrons. The summed E-state index contributed by atoms with van der Waals surface area (Å²) < 4.78 is 1.59. The Morgan fingerprint density at radius 3 is 2.53 bits per heavy atom. The van der Waals surface area contributed by atoms with E-state index in [0.717, 1.165) is 33.7 Å². The zero-order valence-electron chi connectivity index (χ0n) is 9.36. The second-order valence-electron chi connectivity index (χ2n) is 4.23.